The van der Waals surface area contributed by atoms with E-state index >= 15 is 0 Å². The SMILES string of the molecule is CNCc1cccc2c1ccn2CC(=O)OC. The molecule has 0 aliphatic rings. The largest absolute Gasteiger partial charge is 0.468 e. The summed E-state index contributed by atoms with van der Waals surface area (Å²) in [6.45, 7) is 1.07. The Morgan fingerprint density at radius 1 is 1.41 bits per heavy atom. The summed E-state index contributed by atoms with van der Waals surface area (Å²) in [5.41, 5.74) is 2.29. The standard InChI is InChI=1S/C13H16N2O2/c1-14-8-10-4-3-5-12-11(10)6-7-15(12)9-13(16)17-2/h3-7,14H,8-9H2,1-2H3. The van der Waals surface area contributed by atoms with Gasteiger partial charge in [0.2, 0.25) is 0 Å². The Balaban J connectivity index is 2.40. The van der Waals surface area contributed by atoms with Crippen LogP contribution < -0.4 is 5.32 Å². The van der Waals surface area contributed by atoms with E-state index in [0.717, 1.165) is 12.1 Å². The molecule has 0 fully saturated rings. The number of nitrogens with one attached hydrogen (secondary N) is 1. The number of hydrogen-bond donors (Lipinski definition) is 1. The second-order valence-electron chi connectivity index (χ2n) is 3.90. The summed E-state index contributed by atoms with van der Waals surface area (Å²) in [4.78, 5) is 11.3. The summed E-state index contributed by atoms with van der Waals surface area (Å²) in [7, 11) is 3.32. The first kappa shape index (κ1) is 11.7. The highest BCUT2D eigenvalue weighted by Crippen LogP contribution is 2.20. The van der Waals surface area contributed by atoms with Crippen molar-refractivity contribution >= 4 is 16.9 Å². The quantitative estimate of drug-likeness (QED) is 0.813. The maximum absolute atomic E-state index is 11.3. The third kappa shape index (κ3) is 2.31. The minimum absolute atomic E-state index is 0.235. The molecule has 2 aromatic rings. The smallest absolute Gasteiger partial charge is 0.325 e. The lowest BCUT2D eigenvalue weighted by Gasteiger charge is -2.06. The number of methoxy groups -OCH3 is 1. The van der Waals surface area contributed by atoms with Crippen LogP contribution in [0.2, 0.25) is 0 Å². The van der Waals surface area contributed by atoms with E-state index in [-0.39, 0.29) is 12.5 Å². The van der Waals surface area contributed by atoms with Gasteiger partial charge in [0.25, 0.3) is 0 Å². The summed E-state index contributed by atoms with van der Waals surface area (Å²) >= 11 is 0. The van der Waals surface area contributed by atoms with Gasteiger partial charge in [-0.2, -0.15) is 0 Å². The van der Waals surface area contributed by atoms with Gasteiger partial charge in [0.15, 0.2) is 0 Å². The molecule has 4 nitrogen and oxygen atoms in total. The molecule has 2 rings (SSSR count). The van der Waals surface area contributed by atoms with Crippen molar-refractivity contribution in [1.29, 1.82) is 0 Å². The zero-order valence-electron chi connectivity index (χ0n) is 10.1. The van der Waals surface area contributed by atoms with E-state index in [1.165, 1.54) is 18.1 Å². The molecule has 0 aliphatic carbocycles. The fourth-order valence-electron chi connectivity index (χ4n) is 1.97. The van der Waals surface area contributed by atoms with E-state index in [1.807, 2.05) is 36.0 Å². The molecule has 0 radical (unpaired) electrons. The van der Waals surface area contributed by atoms with Gasteiger partial charge in [0.1, 0.15) is 6.54 Å². The number of hydrogen-bond acceptors (Lipinski definition) is 3. The van der Waals surface area contributed by atoms with E-state index in [1.54, 1.807) is 0 Å². The molecule has 1 aromatic carbocycles. The van der Waals surface area contributed by atoms with E-state index in [2.05, 4.69) is 16.1 Å². The van der Waals surface area contributed by atoms with E-state index in [0.29, 0.717) is 0 Å². The highest BCUT2D eigenvalue weighted by atomic mass is 16.5. The van der Waals surface area contributed by atoms with Crippen LogP contribution in [0.1, 0.15) is 5.56 Å². The maximum Gasteiger partial charge on any atom is 0.325 e. The summed E-state index contributed by atoms with van der Waals surface area (Å²) < 4.78 is 6.58. The molecule has 0 atom stereocenters. The number of nitrogens with zero attached hydrogens (tertiary/aromatic N) is 1. The fraction of sp³-hybridized carbons (Fsp3) is 0.308. The molecule has 17 heavy (non-hydrogen) atoms. The topological polar surface area (TPSA) is 43.3 Å². The number of benzene rings is 1. The molecule has 0 aliphatic heterocycles. The van der Waals surface area contributed by atoms with Gasteiger partial charge in [0.05, 0.1) is 7.11 Å². The van der Waals surface area contributed by atoms with Crippen LogP contribution in [0.4, 0.5) is 0 Å². The van der Waals surface area contributed by atoms with Crippen molar-refractivity contribution in [3.63, 3.8) is 0 Å². The van der Waals surface area contributed by atoms with Crippen molar-refractivity contribution in [3.8, 4) is 0 Å². The van der Waals surface area contributed by atoms with Crippen LogP contribution in [0.5, 0.6) is 0 Å². The number of aromatic nitrogens is 1. The van der Waals surface area contributed by atoms with Crippen LogP contribution in [0.25, 0.3) is 10.9 Å². The molecular weight excluding hydrogens is 216 g/mol. The van der Waals surface area contributed by atoms with Gasteiger partial charge >= 0.3 is 5.97 Å². The summed E-state index contributed by atoms with van der Waals surface area (Å²) in [6.07, 6.45) is 1.92. The number of carbonyl (C=O) groups excluding carboxylic acids is 1. The second kappa shape index (κ2) is 5.01. The third-order valence-corrected chi connectivity index (χ3v) is 2.80. The number of esters is 1. The molecule has 0 spiro atoms. The Bertz CT molecular complexity index is 531. The van der Waals surface area contributed by atoms with Crippen molar-refractivity contribution in [2.75, 3.05) is 14.2 Å². The maximum atomic E-state index is 11.3. The number of carbonyl (C=O) groups is 1. The highest BCUT2D eigenvalue weighted by molar-refractivity contribution is 5.85. The zero-order chi connectivity index (χ0) is 12.3. The number of fused-ring (bicyclic) bond motifs is 1. The molecule has 0 saturated carbocycles. The Kier molecular flexibility index (Phi) is 3.44. The normalized spacial score (nSPS) is 10.7. The summed E-state index contributed by atoms with van der Waals surface area (Å²) in [6, 6.07) is 8.13. The van der Waals surface area contributed by atoms with Crippen LogP contribution in [0.3, 0.4) is 0 Å². The first-order valence-electron chi connectivity index (χ1n) is 5.54. The lowest BCUT2D eigenvalue weighted by atomic mass is 10.1. The van der Waals surface area contributed by atoms with Crippen molar-refractivity contribution in [2.24, 2.45) is 0 Å². The van der Waals surface area contributed by atoms with Gasteiger partial charge in [-0.3, -0.25) is 4.79 Å². The monoisotopic (exact) mass is 232 g/mol. The molecule has 1 heterocycles. The lowest BCUT2D eigenvalue weighted by molar-refractivity contribution is -0.141. The molecule has 0 amide bonds. The summed E-state index contributed by atoms with van der Waals surface area (Å²) in [5, 5.41) is 4.31. The number of rotatable bonds is 4. The van der Waals surface area contributed by atoms with Crippen LogP contribution in [-0.2, 0) is 22.6 Å². The van der Waals surface area contributed by atoms with E-state index in [4.69, 9.17) is 0 Å². The lowest BCUT2D eigenvalue weighted by Crippen LogP contribution is -2.10. The molecule has 0 bridgehead atoms. The van der Waals surface area contributed by atoms with Gasteiger partial charge in [-0.15, -0.1) is 0 Å². The van der Waals surface area contributed by atoms with Gasteiger partial charge in [-0.05, 0) is 24.7 Å². The molecule has 4 heteroatoms. The van der Waals surface area contributed by atoms with Crippen LogP contribution in [0, 0.1) is 0 Å². The predicted molar refractivity (Wildman–Crippen MR) is 66.7 cm³/mol. The summed E-state index contributed by atoms with van der Waals surface area (Å²) in [5.74, 6) is -0.235. The van der Waals surface area contributed by atoms with Crippen LogP contribution >= 0.6 is 0 Å². The molecule has 90 valence electrons. The average Bonchev–Trinajstić information content (AvgIpc) is 2.74. The molecule has 0 unspecified atom stereocenters. The van der Waals surface area contributed by atoms with Gasteiger partial charge in [0, 0.05) is 23.6 Å². The second-order valence-corrected chi connectivity index (χ2v) is 3.90. The zero-order valence-corrected chi connectivity index (χ0v) is 10.1. The van der Waals surface area contributed by atoms with Crippen LogP contribution in [0.15, 0.2) is 30.5 Å². The Labute approximate surface area is 100 Å². The molecule has 0 saturated heterocycles. The molecule has 1 N–H and O–H groups in total. The first-order chi connectivity index (χ1) is 8.26. The average molecular weight is 232 g/mol. The van der Waals surface area contributed by atoms with Crippen molar-refractivity contribution in [1.82, 2.24) is 9.88 Å². The Morgan fingerprint density at radius 3 is 2.94 bits per heavy atom. The minimum Gasteiger partial charge on any atom is -0.468 e. The molecular formula is C13H16N2O2. The minimum atomic E-state index is -0.235. The van der Waals surface area contributed by atoms with Crippen molar-refractivity contribution < 1.29 is 9.53 Å². The Hall–Kier alpha value is -1.81. The molecule has 1 aromatic heterocycles. The highest BCUT2D eigenvalue weighted by Gasteiger charge is 2.08. The fourth-order valence-corrected chi connectivity index (χ4v) is 1.97. The van der Waals surface area contributed by atoms with Gasteiger partial charge in [-0.25, -0.2) is 0 Å². The van der Waals surface area contributed by atoms with E-state index in [9.17, 15) is 4.79 Å². The van der Waals surface area contributed by atoms with E-state index < -0.39 is 0 Å². The van der Waals surface area contributed by atoms with Crippen LogP contribution in [-0.4, -0.2) is 24.7 Å². The Morgan fingerprint density at radius 2 is 2.24 bits per heavy atom. The predicted octanol–water partition coefficient (Wildman–Crippen LogP) is 1.53. The number of ether oxygens (including phenoxy) is 1. The van der Waals surface area contributed by atoms with Gasteiger partial charge < -0.3 is 14.6 Å². The van der Waals surface area contributed by atoms with Gasteiger partial charge in [-0.1, -0.05) is 12.1 Å². The first-order valence-corrected chi connectivity index (χ1v) is 5.54. The van der Waals surface area contributed by atoms with Crippen molar-refractivity contribution in [3.05, 3.63) is 36.0 Å². The van der Waals surface area contributed by atoms with Crippen molar-refractivity contribution in [2.45, 2.75) is 13.1 Å². The third-order valence-electron chi connectivity index (χ3n) is 2.80.